The second kappa shape index (κ2) is 10.2. The summed E-state index contributed by atoms with van der Waals surface area (Å²) in [6, 6.07) is 6.92. The topological polar surface area (TPSA) is 130 Å². The Morgan fingerprint density at radius 3 is 2.43 bits per heavy atom. The predicted octanol–water partition coefficient (Wildman–Crippen LogP) is 2.28. The second-order valence-electron chi connectivity index (χ2n) is 6.07. The van der Waals surface area contributed by atoms with Crippen molar-refractivity contribution in [2.24, 2.45) is 5.73 Å². The number of ether oxygens (including phenoxy) is 5. The first-order chi connectivity index (χ1) is 14.4. The molecule has 2 N–H and O–H groups in total. The number of hydrogen-bond donors (Lipinski definition) is 1. The van der Waals surface area contributed by atoms with Gasteiger partial charge in [0.05, 0.1) is 38.9 Å². The summed E-state index contributed by atoms with van der Waals surface area (Å²) in [5, 5.41) is 9.74. The Morgan fingerprint density at radius 2 is 1.87 bits per heavy atom. The molecule has 9 heteroatoms. The molecule has 0 radical (unpaired) electrons. The number of carbonyl (C=O) groups is 2. The average Bonchev–Trinajstić information content (AvgIpc) is 2.73. The normalized spacial score (nSPS) is 15.8. The molecule has 0 aliphatic carbocycles. The Bertz CT molecular complexity index is 928. The maximum atomic E-state index is 12.9. The van der Waals surface area contributed by atoms with Gasteiger partial charge in [0.25, 0.3) is 0 Å². The van der Waals surface area contributed by atoms with Crippen molar-refractivity contribution in [1.29, 1.82) is 5.26 Å². The first kappa shape index (κ1) is 22.6. The minimum absolute atomic E-state index is 0.00544. The van der Waals surface area contributed by atoms with Crippen LogP contribution in [0.1, 0.15) is 31.7 Å². The summed E-state index contributed by atoms with van der Waals surface area (Å²) in [5.74, 6) is -1.68. The van der Waals surface area contributed by atoms with Gasteiger partial charge in [-0.05, 0) is 19.9 Å². The van der Waals surface area contributed by atoms with Gasteiger partial charge in [0, 0.05) is 11.6 Å². The molecule has 9 nitrogen and oxygen atoms in total. The summed E-state index contributed by atoms with van der Waals surface area (Å²) in [6.45, 7) is 3.55. The van der Waals surface area contributed by atoms with Gasteiger partial charge >= 0.3 is 11.9 Å². The molecule has 0 saturated heterocycles. The van der Waals surface area contributed by atoms with Gasteiger partial charge in [-0.15, -0.1) is 0 Å². The van der Waals surface area contributed by atoms with Crippen molar-refractivity contribution < 1.29 is 33.3 Å². The molecule has 1 aliphatic heterocycles. The number of carbonyl (C=O) groups excluding carboxylic acids is 2. The predicted molar refractivity (Wildman–Crippen MR) is 105 cm³/mol. The SMILES string of the molecule is CCOC(=O)CC1=C(C(=O)OCC)[C@H](c2ccc(OC)cc2OC)C(C#N)=C(N)O1. The number of benzene rings is 1. The molecule has 0 unspecified atom stereocenters. The Balaban J connectivity index is 2.73. The fraction of sp³-hybridized carbons (Fsp3) is 0.381. The van der Waals surface area contributed by atoms with Gasteiger partial charge in [0.2, 0.25) is 5.88 Å². The van der Waals surface area contributed by atoms with E-state index < -0.39 is 17.9 Å². The molecular weight excluding hydrogens is 392 g/mol. The fourth-order valence-corrected chi connectivity index (χ4v) is 3.09. The van der Waals surface area contributed by atoms with Gasteiger partial charge in [-0.25, -0.2) is 4.79 Å². The Kier molecular flexibility index (Phi) is 7.69. The van der Waals surface area contributed by atoms with Crippen LogP contribution in [0.5, 0.6) is 11.5 Å². The maximum Gasteiger partial charge on any atom is 0.338 e. The first-order valence-corrected chi connectivity index (χ1v) is 9.26. The molecule has 1 heterocycles. The average molecular weight is 416 g/mol. The number of nitrogens with zero attached hydrogens (tertiary/aromatic N) is 1. The van der Waals surface area contributed by atoms with Crippen molar-refractivity contribution >= 4 is 11.9 Å². The molecule has 1 aliphatic rings. The maximum absolute atomic E-state index is 12.9. The van der Waals surface area contributed by atoms with E-state index >= 15 is 0 Å². The number of nitrogens with two attached hydrogens (primary N) is 1. The van der Waals surface area contributed by atoms with E-state index in [-0.39, 0.29) is 42.4 Å². The minimum atomic E-state index is -0.965. The van der Waals surface area contributed by atoms with E-state index in [4.69, 9.17) is 29.4 Å². The number of hydrogen-bond acceptors (Lipinski definition) is 9. The number of esters is 2. The summed E-state index contributed by atoms with van der Waals surface area (Å²) in [7, 11) is 2.95. The smallest absolute Gasteiger partial charge is 0.338 e. The summed E-state index contributed by atoms with van der Waals surface area (Å²) in [6.07, 6.45) is -0.351. The van der Waals surface area contributed by atoms with Gasteiger partial charge < -0.3 is 29.4 Å². The van der Waals surface area contributed by atoms with E-state index in [1.54, 1.807) is 32.0 Å². The molecule has 160 valence electrons. The van der Waals surface area contributed by atoms with E-state index in [1.807, 2.05) is 6.07 Å². The van der Waals surface area contributed by atoms with Crippen LogP contribution in [0.15, 0.2) is 41.0 Å². The van der Waals surface area contributed by atoms with E-state index in [1.165, 1.54) is 14.2 Å². The highest BCUT2D eigenvalue weighted by Crippen LogP contribution is 2.44. The van der Waals surface area contributed by atoms with E-state index in [9.17, 15) is 14.9 Å². The van der Waals surface area contributed by atoms with Crippen molar-refractivity contribution in [3.8, 4) is 17.6 Å². The van der Waals surface area contributed by atoms with Crippen LogP contribution >= 0.6 is 0 Å². The van der Waals surface area contributed by atoms with E-state index in [0.717, 1.165) is 0 Å². The molecule has 1 atom stereocenters. The molecule has 1 aromatic rings. The molecule has 0 amide bonds. The summed E-state index contributed by atoms with van der Waals surface area (Å²) in [4.78, 5) is 25.0. The number of methoxy groups -OCH3 is 2. The number of allylic oxidation sites excluding steroid dienone is 1. The second-order valence-corrected chi connectivity index (χ2v) is 6.07. The van der Waals surface area contributed by atoms with Crippen molar-refractivity contribution in [3.05, 3.63) is 46.6 Å². The molecule has 2 rings (SSSR count). The zero-order valence-electron chi connectivity index (χ0n) is 17.3. The highest BCUT2D eigenvalue weighted by Gasteiger charge is 2.39. The van der Waals surface area contributed by atoms with Crippen molar-refractivity contribution in [2.75, 3.05) is 27.4 Å². The third-order valence-electron chi connectivity index (χ3n) is 4.35. The number of nitriles is 1. The third kappa shape index (κ3) is 4.66. The summed E-state index contributed by atoms with van der Waals surface area (Å²) >= 11 is 0. The lowest BCUT2D eigenvalue weighted by atomic mass is 9.82. The van der Waals surface area contributed by atoms with Crippen molar-refractivity contribution in [1.82, 2.24) is 0 Å². The van der Waals surface area contributed by atoms with Crippen LogP contribution in [0, 0.1) is 11.3 Å². The lowest BCUT2D eigenvalue weighted by Gasteiger charge is -2.28. The molecular formula is C21H24N2O7. The van der Waals surface area contributed by atoms with Crippen LogP contribution in [0.4, 0.5) is 0 Å². The van der Waals surface area contributed by atoms with Crippen LogP contribution in [0.3, 0.4) is 0 Å². The standard InChI is InChI=1S/C21H24N2O7/c1-5-28-17(24)10-16-19(21(25)29-6-2)18(14(11-22)20(23)30-16)13-8-7-12(26-3)9-15(13)27-4/h7-9,18H,5-6,10,23H2,1-4H3/t18-/m1/s1. The molecule has 1 aromatic carbocycles. The summed E-state index contributed by atoms with van der Waals surface area (Å²) < 4.78 is 26.3. The fourth-order valence-electron chi connectivity index (χ4n) is 3.09. The number of rotatable bonds is 8. The third-order valence-corrected chi connectivity index (χ3v) is 4.35. The zero-order valence-corrected chi connectivity index (χ0v) is 17.3. The molecule has 0 spiro atoms. The van der Waals surface area contributed by atoms with Crippen LogP contribution in [0.2, 0.25) is 0 Å². The van der Waals surface area contributed by atoms with Gasteiger partial charge in [-0.3, -0.25) is 4.79 Å². The van der Waals surface area contributed by atoms with Crippen LogP contribution < -0.4 is 15.2 Å². The minimum Gasteiger partial charge on any atom is -0.497 e. The van der Waals surface area contributed by atoms with Crippen LogP contribution in [-0.2, 0) is 23.8 Å². The lowest BCUT2D eigenvalue weighted by molar-refractivity contribution is -0.143. The molecule has 0 saturated carbocycles. The van der Waals surface area contributed by atoms with Gasteiger partial charge in [-0.1, -0.05) is 6.07 Å². The Labute approximate surface area is 174 Å². The highest BCUT2D eigenvalue weighted by atomic mass is 16.5. The lowest BCUT2D eigenvalue weighted by Crippen LogP contribution is -2.27. The van der Waals surface area contributed by atoms with Crippen LogP contribution in [-0.4, -0.2) is 39.4 Å². The highest BCUT2D eigenvalue weighted by molar-refractivity contribution is 5.94. The zero-order chi connectivity index (χ0) is 22.3. The Hall–Kier alpha value is -3.67. The largest absolute Gasteiger partial charge is 0.497 e. The molecule has 30 heavy (non-hydrogen) atoms. The summed E-state index contributed by atoms with van der Waals surface area (Å²) in [5.41, 5.74) is 6.42. The van der Waals surface area contributed by atoms with Gasteiger partial charge in [0.15, 0.2) is 0 Å². The molecule has 0 aromatic heterocycles. The van der Waals surface area contributed by atoms with Crippen molar-refractivity contribution in [2.45, 2.75) is 26.2 Å². The van der Waals surface area contributed by atoms with Gasteiger partial charge in [-0.2, -0.15) is 5.26 Å². The van der Waals surface area contributed by atoms with Gasteiger partial charge in [0.1, 0.15) is 35.3 Å². The van der Waals surface area contributed by atoms with Crippen LogP contribution in [0.25, 0.3) is 0 Å². The monoisotopic (exact) mass is 416 g/mol. The molecule has 0 fully saturated rings. The van der Waals surface area contributed by atoms with Crippen molar-refractivity contribution in [3.63, 3.8) is 0 Å². The van der Waals surface area contributed by atoms with E-state index in [2.05, 4.69) is 0 Å². The first-order valence-electron chi connectivity index (χ1n) is 9.26. The van der Waals surface area contributed by atoms with E-state index in [0.29, 0.717) is 17.1 Å². The molecule has 0 bridgehead atoms. The Morgan fingerprint density at radius 1 is 1.17 bits per heavy atom. The quantitative estimate of drug-likeness (QED) is 0.634.